The maximum atomic E-state index is 12.5. The van der Waals surface area contributed by atoms with Crippen molar-refractivity contribution >= 4 is 27.8 Å². The minimum Gasteiger partial charge on any atom is -0.493 e. The number of nitrogens with one attached hydrogen (secondary N) is 1. The molecule has 0 radical (unpaired) electrons. The van der Waals surface area contributed by atoms with E-state index in [-0.39, 0.29) is 29.4 Å². The topological polar surface area (TPSA) is 92.7 Å². The molecule has 6 nitrogen and oxygen atoms in total. The van der Waals surface area contributed by atoms with Crippen LogP contribution >= 0.6 is 11.8 Å². The molecule has 0 spiro atoms. The lowest BCUT2D eigenvalue weighted by Gasteiger charge is -2.11. The van der Waals surface area contributed by atoms with Gasteiger partial charge in [-0.1, -0.05) is 19.1 Å². The molecule has 140 valence electrons. The van der Waals surface area contributed by atoms with Crippen LogP contribution in [0.5, 0.6) is 5.75 Å². The van der Waals surface area contributed by atoms with Crippen LogP contribution in [0.4, 0.5) is 0 Å². The number of aromatic carboxylic acids is 1. The Kier molecular flexibility index (Phi) is 7.07. The van der Waals surface area contributed by atoms with E-state index in [9.17, 15) is 18.3 Å². The van der Waals surface area contributed by atoms with Crippen molar-refractivity contribution in [1.82, 2.24) is 4.72 Å². The van der Waals surface area contributed by atoms with Gasteiger partial charge in [-0.25, -0.2) is 17.9 Å². The van der Waals surface area contributed by atoms with Crippen LogP contribution in [0.2, 0.25) is 0 Å². The van der Waals surface area contributed by atoms with Crippen molar-refractivity contribution in [1.29, 1.82) is 0 Å². The molecule has 0 saturated carbocycles. The summed E-state index contributed by atoms with van der Waals surface area (Å²) in [5.74, 6) is -0.132. The molecule has 2 aromatic rings. The molecule has 0 aliphatic rings. The Hall–Kier alpha value is -2.03. The summed E-state index contributed by atoms with van der Waals surface area (Å²) in [7, 11) is -3.84. The molecule has 0 unspecified atom stereocenters. The lowest BCUT2D eigenvalue weighted by atomic mass is 10.2. The van der Waals surface area contributed by atoms with Crippen molar-refractivity contribution in [3.8, 4) is 5.75 Å². The lowest BCUT2D eigenvalue weighted by Crippen LogP contribution is -2.23. The second kappa shape index (κ2) is 9.07. The van der Waals surface area contributed by atoms with E-state index >= 15 is 0 Å². The number of carboxylic acids is 1. The number of thioether (sulfide) groups is 1. The zero-order valence-corrected chi connectivity index (χ0v) is 16.2. The van der Waals surface area contributed by atoms with Crippen molar-refractivity contribution in [3.05, 3.63) is 53.6 Å². The van der Waals surface area contributed by atoms with Gasteiger partial charge < -0.3 is 9.84 Å². The van der Waals surface area contributed by atoms with Crippen molar-refractivity contribution in [3.63, 3.8) is 0 Å². The second-order valence-corrected chi connectivity index (χ2v) is 8.40. The monoisotopic (exact) mass is 395 g/mol. The first-order chi connectivity index (χ1) is 12.4. The molecule has 0 heterocycles. The number of ether oxygens (including phenoxy) is 1. The largest absolute Gasteiger partial charge is 0.493 e. The Balaban J connectivity index is 2.16. The van der Waals surface area contributed by atoms with Crippen LogP contribution in [0.15, 0.2) is 52.3 Å². The van der Waals surface area contributed by atoms with E-state index in [1.165, 1.54) is 12.1 Å². The van der Waals surface area contributed by atoms with Gasteiger partial charge in [-0.05, 0) is 48.6 Å². The fourth-order valence-corrected chi connectivity index (χ4v) is 3.96. The number of rotatable bonds is 9. The molecule has 0 aliphatic heterocycles. The van der Waals surface area contributed by atoms with E-state index in [1.807, 2.05) is 24.3 Å². The van der Waals surface area contributed by atoms with Gasteiger partial charge in [0.15, 0.2) is 0 Å². The standard InChI is InChI=1S/C18H21NO5S2/c1-3-24-17-10-9-15(11-16(17)18(20)21)26(22,23)19-12-13-5-7-14(8-6-13)25-4-2/h5-11,19H,3-4,12H2,1-2H3,(H,20,21). The molecule has 0 aliphatic carbocycles. The first-order valence-corrected chi connectivity index (χ1v) is 10.6. The van der Waals surface area contributed by atoms with Crippen LogP contribution in [-0.4, -0.2) is 31.9 Å². The minimum atomic E-state index is -3.84. The smallest absolute Gasteiger partial charge is 0.339 e. The summed E-state index contributed by atoms with van der Waals surface area (Å²) in [6.07, 6.45) is 0. The van der Waals surface area contributed by atoms with Gasteiger partial charge in [-0.2, -0.15) is 0 Å². The highest BCUT2D eigenvalue weighted by molar-refractivity contribution is 7.99. The molecule has 0 amide bonds. The summed E-state index contributed by atoms with van der Waals surface area (Å²) >= 11 is 1.71. The Labute approximate surface area is 157 Å². The van der Waals surface area contributed by atoms with E-state index in [0.717, 1.165) is 22.3 Å². The average Bonchev–Trinajstić information content (AvgIpc) is 2.62. The molecule has 2 aromatic carbocycles. The first kappa shape index (κ1) is 20.3. The average molecular weight is 396 g/mol. The Morgan fingerprint density at radius 3 is 2.42 bits per heavy atom. The summed E-state index contributed by atoms with van der Waals surface area (Å²) in [6.45, 7) is 4.20. The molecule has 0 fully saturated rings. The molecule has 8 heteroatoms. The molecular formula is C18H21NO5S2. The predicted octanol–water partition coefficient (Wildman–Crippen LogP) is 3.37. The van der Waals surface area contributed by atoms with Gasteiger partial charge in [0.2, 0.25) is 10.0 Å². The highest BCUT2D eigenvalue weighted by atomic mass is 32.2. The maximum Gasteiger partial charge on any atom is 0.339 e. The van der Waals surface area contributed by atoms with Crippen LogP contribution < -0.4 is 9.46 Å². The third-order valence-corrected chi connectivity index (χ3v) is 5.79. The molecule has 2 N–H and O–H groups in total. The van der Waals surface area contributed by atoms with Crippen molar-refractivity contribution in [2.45, 2.75) is 30.2 Å². The summed E-state index contributed by atoms with van der Waals surface area (Å²) in [5, 5.41) is 9.26. The van der Waals surface area contributed by atoms with Crippen LogP contribution in [0.25, 0.3) is 0 Å². The summed E-state index contributed by atoms with van der Waals surface area (Å²) < 4.78 is 32.7. The molecule has 0 bridgehead atoms. The van der Waals surface area contributed by atoms with Crippen molar-refractivity contribution in [2.75, 3.05) is 12.4 Å². The van der Waals surface area contributed by atoms with Gasteiger partial charge >= 0.3 is 5.97 Å². The molecule has 2 rings (SSSR count). The third kappa shape index (κ3) is 5.23. The number of benzene rings is 2. The second-order valence-electron chi connectivity index (χ2n) is 5.30. The van der Waals surface area contributed by atoms with Crippen LogP contribution in [0.1, 0.15) is 29.8 Å². The number of hydrogen-bond donors (Lipinski definition) is 2. The predicted molar refractivity (Wildman–Crippen MR) is 101 cm³/mol. The minimum absolute atomic E-state index is 0.114. The number of carbonyl (C=O) groups is 1. The Morgan fingerprint density at radius 2 is 1.85 bits per heavy atom. The van der Waals surface area contributed by atoms with E-state index in [1.54, 1.807) is 18.7 Å². The van der Waals surface area contributed by atoms with E-state index in [4.69, 9.17) is 4.74 Å². The van der Waals surface area contributed by atoms with Gasteiger partial charge in [0.1, 0.15) is 11.3 Å². The Morgan fingerprint density at radius 1 is 1.15 bits per heavy atom. The van der Waals surface area contributed by atoms with Gasteiger partial charge in [-0.3, -0.25) is 0 Å². The van der Waals surface area contributed by atoms with Crippen LogP contribution in [-0.2, 0) is 16.6 Å². The van der Waals surface area contributed by atoms with Gasteiger partial charge in [0.05, 0.1) is 11.5 Å². The molecular weight excluding hydrogens is 374 g/mol. The fraction of sp³-hybridized carbons (Fsp3) is 0.278. The SMILES string of the molecule is CCOc1ccc(S(=O)(=O)NCc2ccc(SCC)cc2)cc1C(=O)O. The van der Waals surface area contributed by atoms with Gasteiger partial charge in [0.25, 0.3) is 0 Å². The van der Waals surface area contributed by atoms with Gasteiger partial charge in [0, 0.05) is 11.4 Å². The van der Waals surface area contributed by atoms with E-state index in [0.29, 0.717) is 0 Å². The summed E-state index contributed by atoms with van der Waals surface area (Å²) in [4.78, 5) is 12.4. The molecule has 0 saturated heterocycles. The Bertz CT molecular complexity index is 864. The highest BCUT2D eigenvalue weighted by Crippen LogP contribution is 2.23. The van der Waals surface area contributed by atoms with Crippen LogP contribution in [0, 0.1) is 0 Å². The summed E-state index contributed by atoms with van der Waals surface area (Å²) in [6, 6.07) is 11.4. The van der Waals surface area contributed by atoms with Crippen molar-refractivity contribution < 1.29 is 23.1 Å². The molecule has 0 aromatic heterocycles. The van der Waals surface area contributed by atoms with E-state index in [2.05, 4.69) is 11.6 Å². The van der Waals surface area contributed by atoms with Crippen LogP contribution in [0.3, 0.4) is 0 Å². The first-order valence-electron chi connectivity index (χ1n) is 8.09. The summed E-state index contributed by atoms with van der Waals surface area (Å²) in [5.41, 5.74) is 0.633. The number of carboxylic acid groups (broad SMARTS) is 1. The zero-order chi connectivity index (χ0) is 19.2. The normalized spacial score (nSPS) is 11.3. The third-order valence-electron chi connectivity index (χ3n) is 3.49. The van der Waals surface area contributed by atoms with Gasteiger partial charge in [-0.15, -0.1) is 11.8 Å². The lowest BCUT2D eigenvalue weighted by molar-refractivity contribution is 0.0692. The number of hydrogen-bond acceptors (Lipinski definition) is 5. The molecule has 26 heavy (non-hydrogen) atoms. The number of sulfonamides is 1. The highest BCUT2D eigenvalue weighted by Gasteiger charge is 2.19. The fourth-order valence-electron chi connectivity index (χ4n) is 2.26. The maximum absolute atomic E-state index is 12.5. The van der Waals surface area contributed by atoms with Crippen molar-refractivity contribution in [2.24, 2.45) is 0 Å². The quantitative estimate of drug-likeness (QED) is 0.633. The zero-order valence-electron chi connectivity index (χ0n) is 14.6. The van der Waals surface area contributed by atoms with E-state index < -0.39 is 16.0 Å². The molecule has 0 atom stereocenters.